The van der Waals surface area contributed by atoms with Crippen LogP contribution in [-0.4, -0.2) is 0 Å². The van der Waals surface area contributed by atoms with Crippen molar-refractivity contribution in [3.63, 3.8) is 0 Å². The van der Waals surface area contributed by atoms with E-state index >= 15 is 0 Å². The van der Waals surface area contributed by atoms with Crippen LogP contribution in [0.5, 0.6) is 0 Å². The average Bonchev–Trinajstić information content (AvgIpc) is 1.88. The van der Waals surface area contributed by atoms with E-state index in [0.29, 0.717) is 6.54 Å². The van der Waals surface area contributed by atoms with Crippen LogP contribution in [0.3, 0.4) is 0 Å². The Bertz CT molecular complexity index is 261. The quantitative estimate of drug-likeness (QED) is 0.555. The minimum absolute atomic E-state index is 0. The molecule has 0 spiro atoms. The van der Waals surface area contributed by atoms with Crippen molar-refractivity contribution in [2.75, 3.05) is 0 Å². The zero-order chi connectivity index (χ0) is 7.40. The third-order valence-electron chi connectivity index (χ3n) is 1.26. The molecule has 58 valence electrons. The molecule has 1 rings (SSSR count). The van der Waals surface area contributed by atoms with E-state index in [1.165, 1.54) is 5.56 Å². The van der Waals surface area contributed by atoms with Gasteiger partial charge < -0.3 is 0 Å². The van der Waals surface area contributed by atoms with E-state index in [1.54, 1.807) is 0 Å². The van der Waals surface area contributed by atoms with E-state index in [9.17, 15) is 0 Å². The smallest absolute Gasteiger partial charge is 0.191 e. The third kappa shape index (κ3) is 2.81. The van der Waals surface area contributed by atoms with Gasteiger partial charge in [-0.15, -0.1) is 0 Å². The fourth-order valence-corrected chi connectivity index (χ4v) is 0.833. The zero-order valence-corrected chi connectivity index (χ0v) is 5.91. The molecule has 0 aliphatic rings. The Morgan fingerprint density at radius 3 is 2.91 bits per heavy atom. The van der Waals surface area contributed by atoms with E-state index in [-0.39, 0.29) is 7.43 Å². The Morgan fingerprint density at radius 1 is 1.64 bits per heavy atom. The van der Waals surface area contributed by atoms with Crippen molar-refractivity contribution in [3.05, 3.63) is 30.1 Å². The molecule has 0 fully saturated rings. The largest absolute Gasteiger partial charge is 0.233 e. The van der Waals surface area contributed by atoms with Gasteiger partial charge in [0.05, 0.1) is 0 Å². The molecule has 0 N–H and O–H groups in total. The number of hydrogen-bond acceptors (Lipinski definition) is 1. The molecule has 0 unspecified atom stereocenters. The summed E-state index contributed by atoms with van der Waals surface area (Å²) in [4.78, 5) is 0. The Balaban J connectivity index is 0.000001000. The molecule has 11 heavy (non-hydrogen) atoms. The monoisotopic (exact) mass is 149 g/mol. The molecule has 0 aliphatic heterocycles. The molecule has 1 heterocycles. The lowest BCUT2D eigenvalue weighted by molar-refractivity contribution is -0.685. The molecule has 0 radical (unpaired) electrons. The molecule has 0 aliphatic carbocycles. The Labute approximate surface area is 67.7 Å². The Kier molecular flexibility index (Phi) is 3.90. The van der Waals surface area contributed by atoms with Crippen LogP contribution >= 0.6 is 0 Å². The highest BCUT2D eigenvalue weighted by Gasteiger charge is 1.95. The van der Waals surface area contributed by atoms with Crippen molar-refractivity contribution in [2.45, 2.75) is 20.9 Å². The summed E-state index contributed by atoms with van der Waals surface area (Å²) in [6.07, 6.45) is 3.83. The van der Waals surface area contributed by atoms with Crippen molar-refractivity contribution in [3.8, 4) is 6.07 Å². The molecular weight excluding hydrogens is 136 g/mol. The van der Waals surface area contributed by atoms with E-state index < -0.39 is 0 Å². The minimum atomic E-state index is 0. The molecule has 0 saturated heterocycles. The van der Waals surface area contributed by atoms with Gasteiger partial charge in [0.15, 0.2) is 12.4 Å². The van der Waals surface area contributed by atoms with Crippen LogP contribution in [0.4, 0.5) is 0 Å². The molecule has 0 amide bonds. The second-order valence-electron chi connectivity index (χ2n) is 2.21. The fourth-order valence-electron chi connectivity index (χ4n) is 0.833. The highest BCUT2D eigenvalue weighted by Crippen LogP contribution is 1.88. The van der Waals surface area contributed by atoms with Crippen LogP contribution < -0.4 is 4.57 Å². The summed E-state index contributed by atoms with van der Waals surface area (Å²) in [5.41, 5.74) is 1.18. The van der Waals surface area contributed by atoms with Crippen molar-refractivity contribution in [2.24, 2.45) is 0 Å². The molecule has 1 aromatic rings. The van der Waals surface area contributed by atoms with Gasteiger partial charge in [-0.2, -0.15) is 9.83 Å². The maximum absolute atomic E-state index is 8.34. The van der Waals surface area contributed by atoms with Gasteiger partial charge in [-0.05, 0) is 13.0 Å². The highest BCUT2D eigenvalue weighted by molar-refractivity contribution is 5.01. The Morgan fingerprint density at radius 2 is 2.36 bits per heavy atom. The van der Waals surface area contributed by atoms with Gasteiger partial charge >= 0.3 is 0 Å². The molecule has 2 nitrogen and oxygen atoms in total. The van der Waals surface area contributed by atoms with Crippen molar-refractivity contribution < 1.29 is 4.57 Å². The first kappa shape index (κ1) is 9.64. The van der Waals surface area contributed by atoms with Gasteiger partial charge in [0.25, 0.3) is 0 Å². The standard InChI is InChI=1S/C8H9N2.CH4/c1-8-3-2-5-10(7-8)6-4-9;/h2-3,5,7H,6H2,1H3;1H4/q+1;. The van der Waals surface area contributed by atoms with E-state index in [0.717, 1.165) is 0 Å². The highest BCUT2D eigenvalue weighted by atomic mass is 14.9. The van der Waals surface area contributed by atoms with E-state index in [1.807, 2.05) is 36.0 Å². The first-order chi connectivity index (χ1) is 4.83. The van der Waals surface area contributed by atoms with Crippen LogP contribution in [0.15, 0.2) is 24.5 Å². The molecular formula is C9H13N2+. The number of hydrogen-bond donors (Lipinski definition) is 0. The van der Waals surface area contributed by atoms with Gasteiger partial charge in [0, 0.05) is 11.6 Å². The lowest BCUT2D eigenvalue weighted by atomic mass is 10.3. The topological polar surface area (TPSA) is 27.7 Å². The summed E-state index contributed by atoms with van der Waals surface area (Å²) < 4.78 is 1.86. The second-order valence-corrected chi connectivity index (χ2v) is 2.21. The number of rotatable bonds is 1. The first-order valence-corrected chi connectivity index (χ1v) is 3.15. The third-order valence-corrected chi connectivity index (χ3v) is 1.26. The summed E-state index contributed by atoms with van der Waals surface area (Å²) in [5.74, 6) is 0. The lowest BCUT2D eigenvalue weighted by Gasteiger charge is -1.88. The van der Waals surface area contributed by atoms with Crippen LogP contribution in [0, 0.1) is 18.3 Å². The van der Waals surface area contributed by atoms with E-state index in [2.05, 4.69) is 6.07 Å². The predicted octanol–water partition coefficient (Wildman–Crippen LogP) is 1.44. The van der Waals surface area contributed by atoms with Gasteiger partial charge in [-0.1, -0.05) is 7.43 Å². The summed E-state index contributed by atoms with van der Waals surface area (Å²) >= 11 is 0. The second kappa shape index (κ2) is 4.45. The summed E-state index contributed by atoms with van der Waals surface area (Å²) in [6.45, 7) is 2.44. The molecule has 2 heteroatoms. The predicted molar refractivity (Wildman–Crippen MR) is 43.7 cm³/mol. The van der Waals surface area contributed by atoms with Gasteiger partial charge in [0.2, 0.25) is 6.54 Å². The molecule has 1 aromatic heterocycles. The minimum Gasteiger partial charge on any atom is -0.191 e. The van der Waals surface area contributed by atoms with Gasteiger partial charge in [-0.25, -0.2) is 0 Å². The number of nitrogens with zero attached hydrogens (tertiary/aromatic N) is 2. The van der Waals surface area contributed by atoms with E-state index in [4.69, 9.17) is 5.26 Å². The van der Waals surface area contributed by atoms with Crippen LogP contribution in [-0.2, 0) is 6.54 Å². The van der Waals surface area contributed by atoms with Crippen molar-refractivity contribution in [1.82, 2.24) is 0 Å². The number of aromatic nitrogens is 1. The van der Waals surface area contributed by atoms with Crippen molar-refractivity contribution in [1.29, 1.82) is 5.26 Å². The van der Waals surface area contributed by atoms with Gasteiger partial charge in [-0.3, -0.25) is 0 Å². The number of aryl methyl sites for hydroxylation is 1. The maximum Gasteiger partial charge on any atom is 0.233 e. The van der Waals surface area contributed by atoms with Gasteiger partial charge in [0.1, 0.15) is 6.07 Å². The molecule has 0 bridgehead atoms. The van der Waals surface area contributed by atoms with Crippen molar-refractivity contribution >= 4 is 0 Å². The summed E-state index contributed by atoms with van der Waals surface area (Å²) in [7, 11) is 0. The first-order valence-electron chi connectivity index (χ1n) is 3.15. The fraction of sp³-hybridized carbons (Fsp3) is 0.333. The van der Waals surface area contributed by atoms with Crippen LogP contribution in [0.1, 0.15) is 13.0 Å². The zero-order valence-electron chi connectivity index (χ0n) is 5.91. The Hall–Kier alpha value is -1.36. The normalized spacial score (nSPS) is 8.00. The molecule has 0 saturated carbocycles. The maximum atomic E-state index is 8.34. The number of pyridine rings is 1. The average molecular weight is 149 g/mol. The van der Waals surface area contributed by atoms with Crippen LogP contribution in [0.25, 0.3) is 0 Å². The lowest BCUT2D eigenvalue weighted by Crippen LogP contribution is -2.31. The summed E-state index contributed by atoms with van der Waals surface area (Å²) in [5, 5.41) is 8.34. The summed E-state index contributed by atoms with van der Waals surface area (Å²) in [6, 6.07) is 6.02. The number of nitriles is 1. The molecule has 0 atom stereocenters. The molecule has 0 aromatic carbocycles. The SMILES string of the molecule is C.Cc1ccc[n+](CC#N)c1. The van der Waals surface area contributed by atoms with Crippen LogP contribution in [0.2, 0.25) is 0 Å².